The van der Waals surface area contributed by atoms with Crippen molar-refractivity contribution >= 4 is 38.4 Å². The second kappa shape index (κ2) is 5.81. The van der Waals surface area contributed by atoms with Crippen LogP contribution >= 0.6 is 11.6 Å². The molecule has 132 valence electrons. The number of alkyl halides is 3. The minimum absolute atomic E-state index is 0.0567. The van der Waals surface area contributed by atoms with Crippen molar-refractivity contribution in [2.24, 2.45) is 0 Å². The van der Waals surface area contributed by atoms with Gasteiger partial charge in [0, 0.05) is 11.8 Å². The number of oxazole rings is 1. The van der Waals surface area contributed by atoms with E-state index < -0.39 is 32.4 Å². The first-order chi connectivity index (χ1) is 11.6. The number of benzene rings is 2. The summed E-state index contributed by atoms with van der Waals surface area (Å²) in [6.07, 6.45) is -4.62. The number of sulfonamides is 1. The van der Waals surface area contributed by atoms with Crippen LogP contribution in [-0.4, -0.2) is 13.4 Å². The summed E-state index contributed by atoms with van der Waals surface area (Å²) in [5, 5.41) is -0.232. The lowest BCUT2D eigenvalue weighted by atomic mass is 10.2. The Labute approximate surface area is 143 Å². The van der Waals surface area contributed by atoms with Crippen LogP contribution in [0.2, 0.25) is 5.02 Å². The normalized spacial score (nSPS) is 12.5. The Morgan fingerprint density at radius 1 is 1.16 bits per heavy atom. The Hall–Kier alpha value is -2.46. The van der Waals surface area contributed by atoms with Gasteiger partial charge in [0.2, 0.25) is 0 Å². The highest BCUT2D eigenvalue weighted by Gasteiger charge is 2.31. The van der Waals surface area contributed by atoms with Crippen molar-refractivity contribution < 1.29 is 26.0 Å². The van der Waals surface area contributed by atoms with E-state index in [0.29, 0.717) is 6.07 Å². The van der Waals surface area contributed by atoms with Crippen LogP contribution in [0, 0.1) is 0 Å². The van der Waals surface area contributed by atoms with Crippen molar-refractivity contribution in [3.05, 3.63) is 57.5 Å². The van der Waals surface area contributed by atoms with E-state index in [1.54, 1.807) is 0 Å². The summed E-state index contributed by atoms with van der Waals surface area (Å²) in [6, 6.07) is 5.87. The van der Waals surface area contributed by atoms with Gasteiger partial charge in [0.15, 0.2) is 5.58 Å². The minimum Gasteiger partial charge on any atom is -0.408 e. The number of rotatable bonds is 3. The van der Waals surface area contributed by atoms with Gasteiger partial charge in [-0.05, 0) is 24.3 Å². The van der Waals surface area contributed by atoms with E-state index in [2.05, 4.69) is 4.98 Å². The standard InChI is InChI=1S/C14H8ClF3N2O4S/c15-9-5-10-11(24-13(21)19-10)6-12(9)25(22,23)20-8-3-1-2-7(4-8)14(16,17)18/h1-6,20H,(H,19,21). The zero-order chi connectivity index (χ0) is 18.4. The highest BCUT2D eigenvalue weighted by molar-refractivity contribution is 7.92. The number of hydrogen-bond acceptors (Lipinski definition) is 4. The molecule has 0 saturated carbocycles. The number of aromatic amines is 1. The molecule has 1 aromatic heterocycles. The Balaban J connectivity index is 2.03. The van der Waals surface area contributed by atoms with Crippen molar-refractivity contribution in [2.45, 2.75) is 11.1 Å². The lowest BCUT2D eigenvalue weighted by molar-refractivity contribution is -0.137. The third kappa shape index (κ3) is 3.49. The zero-order valence-electron chi connectivity index (χ0n) is 12.0. The molecular weight excluding hydrogens is 385 g/mol. The van der Waals surface area contributed by atoms with Gasteiger partial charge in [-0.1, -0.05) is 17.7 Å². The van der Waals surface area contributed by atoms with E-state index in [0.717, 1.165) is 24.3 Å². The minimum atomic E-state index is -4.62. The van der Waals surface area contributed by atoms with E-state index >= 15 is 0 Å². The van der Waals surface area contributed by atoms with Gasteiger partial charge in [-0.25, -0.2) is 13.2 Å². The molecule has 0 bridgehead atoms. The van der Waals surface area contributed by atoms with E-state index in [1.807, 2.05) is 4.72 Å². The highest BCUT2D eigenvalue weighted by Crippen LogP contribution is 2.32. The lowest BCUT2D eigenvalue weighted by Gasteiger charge is -2.12. The predicted molar refractivity (Wildman–Crippen MR) is 84.1 cm³/mol. The number of hydrogen-bond donors (Lipinski definition) is 2. The van der Waals surface area contributed by atoms with Crippen LogP contribution in [0.5, 0.6) is 0 Å². The third-order valence-electron chi connectivity index (χ3n) is 3.21. The quantitative estimate of drug-likeness (QED) is 0.712. The van der Waals surface area contributed by atoms with Gasteiger partial charge >= 0.3 is 11.9 Å². The van der Waals surface area contributed by atoms with Crippen molar-refractivity contribution in [1.29, 1.82) is 0 Å². The third-order valence-corrected chi connectivity index (χ3v) is 5.05. The monoisotopic (exact) mass is 392 g/mol. The van der Waals surface area contributed by atoms with Crippen LogP contribution in [0.25, 0.3) is 11.1 Å². The average Bonchev–Trinajstić information content (AvgIpc) is 2.84. The van der Waals surface area contributed by atoms with Crippen molar-refractivity contribution in [3.8, 4) is 0 Å². The Morgan fingerprint density at radius 3 is 2.56 bits per heavy atom. The molecule has 0 radical (unpaired) electrons. The fourth-order valence-corrected chi connectivity index (χ4v) is 3.72. The first-order valence-corrected chi connectivity index (χ1v) is 8.45. The van der Waals surface area contributed by atoms with Crippen LogP contribution in [0.3, 0.4) is 0 Å². The van der Waals surface area contributed by atoms with E-state index in [1.165, 1.54) is 6.07 Å². The first-order valence-electron chi connectivity index (χ1n) is 6.59. The number of anilines is 1. The van der Waals surface area contributed by atoms with E-state index in [-0.39, 0.29) is 21.8 Å². The van der Waals surface area contributed by atoms with Crippen molar-refractivity contribution in [3.63, 3.8) is 0 Å². The molecule has 0 amide bonds. The summed E-state index contributed by atoms with van der Waals surface area (Å²) < 4.78 is 69.8. The molecule has 0 atom stereocenters. The topological polar surface area (TPSA) is 92.2 Å². The molecule has 0 fully saturated rings. The number of aromatic nitrogens is 1. The first kappa shape index (κ1) is 17.4. The molecule has 3 aromatic rings. The van der Waals surface area contributed by atoms with Gasteiger partial charge in [0.05, 0.1) is 16.1 Å². The fraction of sp³-hybridized carbons (Fsp3) is 0.0714. The number of nitrogens with one attached hydrogen (secondary N) is 2. The maximum atomic E-state index is 12.7. The van der Waals surface area contributed by atoms with Gasteiger partial charge in [0.1, 0.15) is 4.90 Å². The highest BCUT2D eigenvalue weighted by atomic mass is 35.5. The summed E-state index contributed by atoms with van der Waals surface area (Å²) in [7, 11) is -4.31. The Morgan fingerprint density at radius 2 is 1.88 bits per heavy atom. The molecule has 1 heterocycles. The molecule has 0 aliphatic rings. The fourth-order valence-electron chi connectivity index (χ4n) is 2.13. The van der Waals surface area contributed by atoms with Crippen LogP contribution < -0.4 is 10.5 Å². The predicted octanol–water partition coefficient (Wildman–Crippen LogP) is 3.59. The summed E-state index contributed by atoms with van der Waals surface area (Å²) in [6.45, 7) is 0. The van der Waals surface area contributed by atoms with Gasteiger partial charge in [-0.2, -0.15) is 13.2 Å². The lowest BCUT2D eigenvalue weighted by Crippen LogP contribution is -2.14. The van der Waals surface area contributed by atoms with Crippen molar-refractivity contribution in [2.75, 3.05) is 4.72 Å². The second-order valence-corrected chi connectivity index (χ2v) is 7.04. The van der Waals surface area contributed by atoms with Gasteiger partial charge < -0.3 is 4.42 Å². The summed E-state index contributed by atoms with van der Waals surface area (Å²) in [4.78, 5) is 13.0. The maximum absolute atomic E-state index is 12.7. The van der Waals surface area contributed by atoms with E-state index in [4.69, 9.17) is 16.0 Å². The maximum Gasteiger partial charge on any atom is 0.417 e. The average molecular weight is 393 g/mol. The molecule has 11 heteroatoms. The largest absolute Gasteiger partial charge is 0.417 e. The molecule has 0 aliphatic carbocycles. The molecule has 2 N–H and O–H groups in total. The van der Waals surface area contributed by atoms with Gasteiger partial charge in [-0.15, -0.1) is 0 Å². The van der Waals surface area contributed by atoms with Crippen molar-refractivity contribution in [1.82, 2.24) is 4.98 Å². The summed E-state index contributed by atoms with van der Waals surface area (Å²) >= 11 is 5.90. The van der Waals surface area contributed by atoms with Crippen LogP contribution in [0.4, 0.5) is 18.9 Å². The number of halogens is 4. The molecule has 0 aliphatic heterocycles. The Bertz CT molecular complexity index is 1120. The molecule has 25 heavy (non-hydrogen) atoms. The van der Waals surface area contributed by atoms with Crippen LogP contribution in [0.15, 0.2) is 50.5 Å². The second-order valence-electron chi connectivity index (χ2n) is 4.98. The SMILES string of the molecule is O=c1[nH]c2cc(Cl)c(S(=O)(=O)Nc3cccc(C(F)(F)F)c3)cc2o1. The zero-order valence-corrected chi connectivity index (χ0v) is 13.6. The molecule has 0 spiro atoms. The molecule has 6 nitrogen and oxygen atoms in total. The number of H-pyrrole nitrogens is 1. The van der Waals surface area contributed by atoms with Crippen LogP contribution in [0.1, 0.15) is 5.56 Å². The molecular formula is C14H8ClF3N2O4S. The van der Waals surface area contributed by atoms with Gasteiger partial charge in [0.25, 0.3) is 10.0 Å². The Kier molecular flexibility index (Phi) is 4.04. The smallest absolute Gasteiger partial charge is 0.408 e. The molecule has 0 saturated heterocycles. The van der Waals surface area contributed by atoms with Gasteiger partial charge in [-0.3, -0.25) is 9.71 Å². The van der Waals surface area contributed by atoms with Crippen LogP contribution in [-0.2, 0) is 16.2 Å². The van der Waals surface area contributed by atoms with E-state index in [9.17, 15) is 26.4 Å². The number of fused-ring (bicyclic) bond motifs is 1. The molecule has 2 aromatic carbocycles. The summed E-state index contributed by atoms with van der Waals surface area (Å²) in [5.74, 6) is -0.800. The summed E-state index contributed by atoms with van der Waals surface area (Å²) in [5.41, 5.74) is -1.17. The molecule has 0 unspecified atom stereocenters. The molecule has 3 rings (SSSR count).